The fourth-order valence-electron chi connectivity index (χ4n) is 3.59. The van der Waals surface area contributed by atoms with E-state index in [9.17, 15) is 20.5 Å². The van der Waals surface area contributed by atoms with Crippen LogP contribution in [0.1, 0.15) is 10.8 Å². The van der Waals surface area contributed by atoms with Gasteiger partial charge in [0, 0.05) is 28.6 Å². The number of hydrogen-bond donors (Lipinski definition) is 1. The molecule has 34 heavy (non-hydrogen) atoms. The Balaban J connectivity index is 1.48. The molecule has 2 aromatic heterocycles. The first-order valence-electron chi connectivity index (χ1n) is 10.2. The van der Waals surface area contributed by atoms with Crippen molar-refractivity contribution in [2.75, 3.05) is 0 Å². The normalized spacial score (nSPS) is 11.7. The third-order valence-electron chi connectivity index (χ3n) is 5.29. The molecule has 0 aliphatic rings. The zero-order valence-electron chi connectivity index (χ0n) is 17.5. The van der Waals surface area contributed by atoms with Crippen LogP contribution in [0.15, 0.2) is 88.7 Å². The van der Waals surface area contributed by atoms with Crippen molar-refractivity contribution in [1.82, 2.24) is 4.98 Å². The molecular formula is C26H15N3O4S. The molecule has 0 bridgehead atoms. The molecule has 5 rings (SSSR count). The van der Waals surface area contributed by atoms with Crippen LogP contribution in [0.3, 0.4) is 0 Å². The number of nitro groups is 1. The van der Waals surface area contributed by atoms with E-state index in [4.69, 9.17) is 4.42 Å². The molecule has 3 aromatic carbocycles. The van der Waals surface area contributed by atoms with Gasteiger partial charge < -0.3 is 9.52 Å². The van der Waals surface area contributed by atoms with E-state index in [2.05, 4.69) is 4.98 Å². The van der Waals surface area contributed by atoms with Crippen LogP contribution >= 0.6 is 11.3 Å². The second-order valence-electron chi connectivity index (χ2n) is 7.41. The van der Waals surface area contributed by atoms with Crippen LogP contribution in [0.4, 0.5) is 5.69 Å². The van der Waals surface area contributed by atoms with Crippen LogP contribution in [0.2, 0.25) is 0 Å². The maximum Gasteiger partial charge on any atom is 0.270 e. The van der Waals surface area contributed by atoms with Gasteiger partial charge in [-0.05, 0) is 29.0 Å². The number of hydrogen-bond acceptors (Lipinski definition) is 7. The summed E-state index contributed by atoms with van der Waals surface area (Å²) in [6.45, 7) is 0. The summed E-state index contributed by atoms with van der Waals surface area (Å²) in [7, 11) is 0. The summed E-state index contributed by atoms with van der Waals surface area (Å²) >= 11 is 1.25. The number of nitro benzene ring substituents is 1. The molecule has 0 unspecified atom stereocenters. The van der Waals surface area contributed by atoms with Crippen molar-refractivity contribution in [3.8, 4) is 28.7 Å². The fourth-order valence-corrected chi connectivity index (χ4v) is 4.41. The molecule has 0 fully saturated rings. The number of nitriles is 1. The number of allylic oxidation sites excluding steroid dienone is 1. The molecule has 0 amide bonds. The lowest BCUT2D eigenvalue weighted by Crippen LogP contribution is -1.89. The minimum atomic E-state index is -0.492. The van der Waals surface area contributed by atoms with Crippen LogP contribution in [0.5, 0.6) is 0 Å². The van der Waals surface area contributed by atoms with Crippen LogP contribution in [-0.4, -0.2) is 15.0 Å². The highest BCUT2D eigenvalue weighted by Crippen LogP contribution is 2.33. The molecule has 0 aliphatic carbocycles. The second kappa shape index (κ2) is 8.65. The Morgan fingerprint density at radius 1 is 1.00 bits per heavy atom. The lowest BCUT2D eigenvalue weighted by molar-refractivity contribution is -0.384. The van der Waals surface area contributed by atoms with E-state index < -0.39 is 4.92 Å². The highest BCUT2D eigenvalue weighted by atomic mass is 32.1. The number of nitrogens with zero attached hydrogens (tertiary/aromatic N) is 3. The molecule has 164 valence electrons. The Hall–Kier alpha value is -4.74. The van der Waals surface area contributed by atoms with Gasteiger partial charge >= 0.3 is 0 Å². The third kappa shape index (κ3) is 3.92. The van der Waals surface area contributed by atoms with Gasteiger partial charge in [0.25, 0.3) is 5.69 Å². The fraction of sp³-hybridized carbons (Fsp3) is 0. The lowest BCUT2D eigenvalue weighted by Gasteiger charge is -2.01. The summed E-state index contributed by atoms with van der Waals surface area (Å²) in [6.07, 6.45) is 0. The third-order valence-corrected chi connectivity index (χ3v) is 6.15. The van der Waals surface area contributed by atoms with Gasteiger partial charge in [0.15, 0.2) is 11.5 Å². The van der Waals surface area contributed by atoms with E-state index in [0.717, 1.165) is 16.3 Å². The Kier molecular flexibility index (Phi) is 5.38. The first-order valence-corrected chi connectivity index (χ1v) is 11.0. The second-order valence-corrected chi connectivity index (χ2v) is 8.26. The molecule has 8 heteroatoms. The van der Waals surface area contributed by atoms with E-state index in [-0.39, 0.29) is 22.8 Å². The van der Waals surface area contributed by atoms with Crippen LogP contribution in [0, 0.1) is 21.4 Å². The number of aliphatic hydroxyl groups is 1. The van der Waals surface area contributed by atoms with Crippen molar-refractivity contribution in [2.45, 2.75) is 0 Å². The van der Waals surface area contributed by atoms with E-state index in [1.807, 2.05) is 53.9 Å². The van der Waals surface area contributed by atoms with E-state index in [1.165, 1.54) is 29.5 Å². The standard InChI is InChI=1S/C26H15N3O4S/c27-14-21(25(30)24-11-10-23(33-24)19-6-3-7-20(13-19)29(31)32)26-28-22(15-34-26)18-9-8-16-4-1-2-5-17(16)12-18/h1-13,15,30H/b25-21-. The maximum absolute atomic E-state index is 11.0. The van der Waals surface area contributed by atoms with Crippen molar-refractivity contribution in [3.63, 3.8) is 0 Å². The van der Waals surface area contributed by atoms with Crippen molar-refractivity contribution in [2.24, 2.45) is 0 Å². The predicted octanol–water partition coefficient (Wildman–Crippen LogP) is 7.08. The van der Waals surface area contributed by atoms with E-state index in [1.54, 1.807) is 18.2 Å². The smallest absolute Gasteiger partial charge is 0.270 e. The van der Waals surface area contributed by atoms with Crippen LogP contribution in [-0.2, 0) is 0 Å². The van der Waals surface area contributed by atoms with Gasteiger partial charge in [0.2, 0.25) is 0 Å². The highest BCUT2D eigenvalue weighted by Gasteiger charge is 2.19. The van der Waals surface area contributed by atoms with Gasteiger partial charge in [0.1, 0.15) is 22.4 Å². The van der Waals surface area contributed by atoms with E-state index >= 15 is 0 Å². The molecule has 7 nitrogen and oxygen atoms in total. The number of furan rings is 1. The largest absolute Gasteiger partial charge is 0.503 e. The zero-order chi connectivity index (χ0) is 23.7. The van der Waals surface area contributed by atoms with Crippen LogP contribution in [0.25, 0.3) is 44.7 Å². The lowest BCUT2D eigenvalue weighted by atomic mass is 10.1. The number of rotatable bonds is 5. The van der Waals surface area contributed by atoms with Crippen molar-refractivity contribution in [1.29, 1.82) is 5.26 Å². The number of aliphatic hydroxyl groups excluding tert-OH is 1. The van der Waals surface area contributed by atoms with Gasteiger partial charge in [-0.25, -0.2) is 4.98 Å². The number of non-ortho nitro benzene ring substituents is 1. The molecule has 2 heterocycles. The Labute approximate surface area is 197 Å². The summed E-state index contributed by atoms with van der Waals surface area (Å²) in [6, 6.07) is 25.1. The number of benzene rings is 3. The van der Waals surface area contributed by atoms with Gasteiger partial charge in [-0.3, -0.25) is 10.1 Å². The number of fused-ring (bicyclic) bond motifs is 1. The summed E-state index contributed by atoms with van der Waals surface area (Å²) < 4.78 is 5.71. The molecule has 0 aliphatic heterocycles. The maximum atomic E-state index is 11.0. The summed E-state index contributed by atoms with van der Waals surface area (Å²) in [5.74, 6) is 0.0534. The van der Waals surface area contributed by atoms with Gasteiger partial charge in [-0.2, -0.15) is 5.26 Å². The van der Waals surface area contributed by atoms with Gasteiger partial charge in [-0.1, -0.05) is 48.5 Å². The topological polar surface area (TPSA) is 113 Å². The molecule has 5 aromatic rings. The van der Waals surface area contributed by atoms with Crippen molar-refractivity contribution < 1.29 is 14.4 Å². The molecule has 0 spiro atoms. The molecule has 0 saturated carbocycles. The number of aromatic nitrogens is 1. The monoisotopic (exact) mass is 465 g/mol. The van der Waals surface area contributed by atoms with E-state index in [0.29, 0.717) is 22.0 Å². The summed E-state index contributed by atoms with van der Waals surface area (Å²) in [4.78, 5) is 15.1. The van der Waals surface area contributed by atoms with Gasteiger partial charge in [-0.15, -0.1) is 11.3 Å². The minimum absolute atomic E-state index is 0.0167. The molecule has 0 radical (unpaired) electrons. The average molecular weight is 465 g/mol. The Morgan fingerprint density at radius 3 is 2.62 bits per heavy atom. The van der Waals surface area contributed by atoms with Crippen molar-refractivity contribution >= 4 is 39.1 Å². The minimum Gasteiger partial charge on any atom is -0.503 e. The molecular weight excluding hydrogens is 450 g/mol. The average Bonchev–Trinajstić information content (AvgIpc) is 3.55. The van der Waals surface area contributed by atoms with Crippen LogP contribution < -0.4 is 0 Å². The van der Waals surface area contributed by atoms with Gasteiger partial charge in [0.05, 0.1) is 10.6 Å². The predicted molar refractivity (Wildman–Crippen MR) is 131 cm³/mol. The zero-order valence-corrected chi connectivity index (χ0v) is 18.3. The summed E-state index contributed by atoms with van der Waals surface area (Å²) in [5.41, 5.74) is 2.00. The molecule has 1 N–H and O–H groups in total. The SMILES string of the molecule is N#C/C(=C(/O)c1ccc(-c2cccc([N+](=O)[O-])c2)o1)c1nc(-c2ccc3ccccc3c2)cs1. The quantitative estimate of drug-likeness (QED) is 0.128. The first-order chi connectivity index (χ1) is 16.5. The first kappa shape index (κ1) is 21.1. The Bertz CT molecular complexity index is 1620. The Morgan fingerprint density at radius 2 is 1.82 bits per heavy atom. The summed E-state index contributed by atoms with van der Waals surface area (Å²) in [5, 5.41) is 35.9. The molecule has 0 saturated heterocycles. The number of thiazole rings is 1. The highest BCUT2D eigenvalue weighted by molar-refractivity contribution is 7.11. The van der Waals surface area contributed by atoms with Crippen molar-refractivity contribution in [3.05, 3.63) is 105 Å². The molecule has 0 atom stereocenters.